The van der Waals surface area contributed by atoms with Crippen LogP contribution in [0, 0.1) is 5.92 Å². The molecule has 3 N–H and O–H groups in total. The van der Waals surface area contributed by atoms with Crippen LogP contribution in [0.2, 0.25) is 0 Å². The Bertz CT molecular complexity index is 978. The molecule has 0 radical (unpaired) electrons. The van der Waals surface area contributed by atoms with E-state index in [0.29, 0.717) is 30.1 Å². The fraction of sp³-hybridized carbons (Fsp3) is 0.821. The van der Waals surface area contributed by atoms with Gasteiger partial charge in [-0.25, -0.2) is 0 Å². The molecule has 37 heavy (non-hydrogen) atoms. The summed E-state index contributed by atoms with van der Waals surface area (Å²) in [6, 6.07) is 1.30. The van der Waals surface area contributed by atoms with Crippen molar-refractivity contribution in [2.45, 2.75) is 122 Å². The molecule has 206 valence electrons. The van der Waals surface area contributed by atoms with Gasteiger partial charge in [0.1, 0.15) is 0 Å². The van der Waals surface area contributed by atoms with Gasteiger partial charge in [-0.1, -0.05) is 0 Å². The van der Waals surface area contributed by atoms with Crippen LogP contribution in [0.1, 0.15) is 103 Å². The van der Waals surface area contributed by atoms with E-state index in [4.69, 9.17) is 25.4 Å². The van der Waals surface area contributed by atoms with Crippen molar-refractivity contribution >= 4 is 37.6 Å². The Kier molecular flexibility index (Phi) is 9.78. The van der Waals surface area contributed by atoms with Gasteiger partial charge in [0.2, 0.25) is 0 Å². The van der Waals surface area contributed by atoms with Gasteiger partial charge >= 0.3 is 230 Å². The third kappa shape index (κ3) is 6.87. The number of anilines is 1. The molecular weight excluding hydrogens is 525 g/mol. The SMILES string of the molecule is CCCCOC(CC)C1CCN([AsH]c2nc(NC3CCC(N)CC3)nc3c2ncn3C2CCCC2)CC1. The van der Waals surface area contributed by atoms with Crippen molar-refractivity contribution in [3.05, 3.63) is 6.33 Å². The normalized spacial score (nSPS) is 25.5. The van der Waals surface area contributed by atoms with Gasteiger partial charge in [-0.05, 0) is 0 Å². The molecule has 3 aliphatic rings. The molecule has 2 aliphatic carbocycles. The first-order chi connectivity index (χ1) is 18.1. The van der Waals surface area contributed by atoms with Crippen molar-refractivity contribution in [2.24, 2.45) is 11.7 Å². The van der Waals surface area contributed by atoms with Crippen LogP contribution in [0.4, 0.5) is 5.95 Å². The van der Waals surface area contributed by atoms with Gasteiger partial charge in [0.05, 0.1) is 0 Å². The van der Waals surface area contributed by atoms with Crippen molar-refractivity contribution in [1.82, 2.24) is 23.3 Å². The third-order valence-electron chi connectivity index (χ3n) is 8.81. The van der Waals surface area contributed by atoms with Crippen molar-refractivity contribution < 1.29 is 4.74 Å². The Morgan fingerprint density at radius 3 is 2.51 bits per heavy atom. The van der Waals surface area contributed by atoms with E-state index < -0.39 is 16.0 Å². The summed E-state index contributed by atoms with van der Waals surface area (Å²) in [7, 11) is 0. The van der Waals surface area contributed by atoms with E-state index in [-0.39, 0.29) is 0 Å². The van der Waals surface area contributed by atoms with Gasteiger partial charge in [0, 0.05) is 0 Å². The van der Waals surface area contributed by atoms with Crippen molar-refractivity contribution in [3.8, 4) is 0 Å². The Balaban J connectivity index is 1.30. The Hall–Kier alpha value is -1.21. The number of aromatic nitrogens is 4. The molecule has 2 atom stereocenters. The van der Waals surface area contributed by atoms with Crippen LogP contribution in [0.5, 0.6) is 0 Å². The molecule has 3 heterocycles. The Morgan fingerprint density at radius 1 is 1.05 bits per heavy atom. The van der Waals surface area contributed by atoms with Gasteiger partial charge in [-0.2, -0.15) is 0 Å². The monoisotopic (exact) mass is 573 g/mol. The van der Waals surface area contributed by atoms with Gasteiger partial charge in [-0.3, -0.25) is 0 Å². The predicted molar refractivity (Wildman–Crippen MR) is 153 cm³/mol. The topological polar surface area (TPSA) is 94.1 Å². The molecule has 0 amide bonds. The first kappa shape index (κ1) is 27.4. The molecule has 0 aromatic carbocycles. The van der Waals surface area contributed by atoms with Gasteiger partial charge in [0.25, 0.3) is 0 Å². The minimum atomic E-state index is -0.566. The van der Waals surface area contributed by atoms with Crippen LogP contribution in [-0.4, -0.2) is 77.2 Å². The molecule has 8 nitrogen and oxygen atoms in total. The summed E-state index contributed by atoms with van der Waals surface area (Å²) >= 11 is -0.566. The first-order valence-corrected chi connectivity index (χ1v) is 17.0. The summed E-state index contributed by atoms with van der Waals surface area (Å²) in [4.78, 5) is 15.1. The summed E-state index contributed by atoms with van der Waals surface area (Å²) in [6.07, 6.45) is 17.8. The average molecular weight is 574 g/mol. The average Bonchev–Trinajstić information content (AvgIpc) is 3.59. The summed E-state index contributed by atoms with van der Waals surface area (Å²) in [5.41, 5.74) is 8.24. The number of hydrogen-bond donors (Lipinski definition) is 2. The first-order valence-electron chi connectivity index (χ1n) is 15.0. The second-order valence-electron chi connectivity index (χ2n) is 11.5. The van der Waals surface area contributed by atoms with E-state index in [2.05, 4.69) is 27.5 Å². The number of unbranched alkanes of at least 4 members (excludes halogenated alkanes) is 1. The number of nitrogens with one attached hydrogen (secondary N) is 1. The zero-order chi connectivity index (χ0) is 25.6. The van der Waals surface area contributed by atoms with Crippen molar-refractivity contribution in [1.29, 1.82) is 0 Å². The number of fused-ring (bicyclic) bond motifs is 1. The molecule has 0 bridgehead atoms. The predicted octanol–water partition coefficient (Wildman–Crippen LogP) is 3.91. The van der Waals surface area contributed by atoms with Crippen LogP contribution in [0.3, 0.4) is 0 Å². The van der Waals surface area contributed by atoms with Crippen LogP contribution in [0.15, 0.2) is 6.33 Å². The summed E-state index contributed by atoms with van der Waals surface area (Å²) < 4.78 is 12.5. The Morgan fingerprint density at radius 2 is 1.81 bits per heavy atom. The molecule has 3 fully saturated rings. The molecular formula is C28H48AsN7O. The van der Waals surface area contributed by atoms with Crippen LogP contribution in [-0.2, 0) is 4.74 Å². The van der Waals surface area contributed by atoms with Crippen LogP contribution < -0.4 is 15.5 Å². The molecule has 1 saturated heterocycles. The number of hydrogen-bond acceptors (Lipinski definition) is 7. The minimum absolute atomic E-state index is 0.347. The van der Waals surface area contributed by atoms with Crippen molar-refractivity contribution in [3.63, 3.8) is 0 Å². The number of imidazole rings is 1. The van der Waals surface area contributed by atoms with Gasteiger partial charge in [-0.15, -0.1) is 0 Å². The molecule has 0 spiro atoms. The summed E-state index contributed by atoms with van der Waals surface area (Å²) in [5.74, 6) is 1.49. The molecule has 2 aromatic heterocycles. The van der Waals surface area contributed by atoms with E-state index in [1.807, 2.05) is 6.33 Å². The molecule has 1 aliphatic heterocycles. The van der Waals surface area contributed by atoms with Gasteiger partial charge in [0.15, 0.2) is 0 Å². The second-order valence-corrected chi connectivity index (χ2v) is 14.3. The molecule has 2 saturated carbocycles. The number of rotatable bonds is 11. The van der Waals surface area contributed by atoms with E-state index in [1.54, 1.807) is 0 Å². The zero-order valence-electron chi connectivity index (χ0n) is 23.0. The summed E-state index contributed by atoms with van der Waals surface area (Å²) in [5, 5.41) is 3.70. The third-order valence-corrected chi connectivity index (χ3v) is 11.6. The molecule has 9 heteroatoms. The van der Waals surface area contributed by atoms with Gasteiger partial charge < -0.3 is 0 Å². The van der Waals surface area contributed by atoms with E-state index in [0.717, 1.165) is 68.9 Å². The van der Waals surface area contributed by atoms with Crippen LogP contribution in [0.25, 0.3) is 11.2 Å². The molecule has 2 unspecified atom stereocenters. The van der Waals surface area contributed by atoms with Crippen LogP contribution >= 0.6 is 0 Å². The summed E-state index contributed by atoms with van der Waals surface area (Å²) in [6.45, 7) is 7.73. The number of piperidine rings is 1. The quantitative estimate of drug-likeness (QED) is 0.311. The molecule has 2 aromatic rings. The fourth-order valence-electron chi connectivity index (χ4n) is 6.45. The van der Waals surface area contributed by atoms with E-state index in [1.165, 1.54) is 55.8 Å². The second kappa shape index (κ2) is 13.2. The zero-order valence-corrected chi connectivity index (χ0v) is 25.1. The van der Waals surface area contributed by atoms with E-state index >= 15 is 0 Å². The van der Waals surface area contributed by atoms with E-state index in [9.17, 15) is 0 Å². The maximum atomic E-state index is 6.27. The number of ether oxygens (including phenoxy) is 1. The standard InChI is InChI=1S/C28H48AsN7O/c1-3-5-18-37-24(4-2)20-14-16-35(17-15-20)29-26-25-27(36(19-31-25)23-8-6-7-9-23)34-28(33-26)32-22-12-10-21(30)11-13-22/h19-24,29H,3-18,30H2,1-2H3,(H,32,33,34). The number of nitrogens with zero attached hydrogens (tertiary/aromatic N) is 5. The number of nitrogens with two attached hydrogens (primary N) is 1. The Labute approximate surface area is 229 Å². The van der Waals surface area contributed by atoms with Crippen molar-refractivity contribution in [2.75, 3.05) is 25.0 Å². The fourth-order valence-corrected chi connectivity index (χ4v) is 9.01. The maximum absolute atomic E-state index is 6.27. The molecule has 5 rings (SSSR count).